The van der Waals surface area contributed by atoms with Crippen molar-refractivity contribution >= 4 is 76.2 Å². The topological polar surface area (TPSA) is 313 Å². The van der Waals surface area contributed by atoms with Gasteiger partial charge in [0, 0.05) is 97.1 Å². The molecule has 0 saturated carbocycles. The van der Waals surface area contributed by atoms with E-state index in [1.807, 2.05) is 6.07 Å². The summed E-state index contributed by atoms with van der Waals surface area (Å²) in [5.74, 6) is -2.54. The van der Waals surface area contributed by atoms with Gasteiger partial charge in [-0.05, 0) is 49.4 Å². The van der Waals surface area contributed by atoms with Gasteiger partial charge >= 0.3 is 23.6 Å². The molecule has 6 amide bonds. The van der Waals surface area contributed by atoms with Crippen LogP contribution in [0, 0.1) is 0 Å². The van der Waals surface area contributed by atoms with Gasteiger partial charge in [-0.2, -0.15) is 20.9 Å². The molecule has 26 heteroatoms. The number of anilines is 3. The Hall–Kier alpha value is -7.75. The van der Waals surface area contributed by atoms with Gasteiger partial charge in [0.05, 0.1) is 46.3 Å². The number of nitrogens with zero attached hydrogens (tertiary/aromatic N) is 4. The molecule has 1 fully saturated rings. The van der Waals surface area contributed by atoms with E-state index in [-0.39, 0.29) is 61.2 Å². The molecule has 11 N–H and O–H groups in total. The molecular weight excluding hydrogens is 971 g/mol. The highest BCUT2D eigenvalue weighted by Crippen LogP contribution is 2.30. The van der Waals surface area contributed by atoms with Gasteiger partial charge in [0.15, 0.2) is 36.2 Å². The summed E-state index contributed by atoms with van der Waals surface area (Å²) < 4.78 is 19.3. The number of carbonyl (C=O) groups excluding carboxylic acids is 6. The smallest absolute Gasteiger partial charge is 0.494 e. The predicted octanol–water partition coefficient (Wildman–Crippen LogP) is -1.39. The molecule has 2 aromatic carbocycles. The van der Waals surface area contributed by atoms with Crippen molar-refractivity contribution in [1.29, 1.82) is 0 Å². The average molecular weight is 1030 g/mol. The summed E-state index contributed by atoms with van der Waals surface area (Å²) in [7, 11) is 2.83. The second-order valence-corrected chi connectivity index (χ2v) is 16.9. The summed E-state index contributed by atoms with van der Waals surface area (Å²) >= 11 is 1.62. The first-order chi connectivity index (χ1) is 35.4. The maximum absolute atomic E-state index is 12.9. The van der Waals surface area contributed by atoms with Gasteiger partial charge in [0.1, 0.15) is 11.3 Å². The normalized spacial score (nSPS) is 12.6. The molecule has 0 unspecified atom stereocenters. The van der Waals surface area contributed by atoms with Crippen LogP contribution < -0.4 is 66.6 Å². The van der Waals surface area contributed by atoms with Crippen molar-refractivity contribution in [2.75, 3.05) is 107 Å². The summed E-state index contributed by atoms with van der Waals surface area (Å²) in [5.41, 5.74) is 10.4. The fourth-order valence-electron chi connectivity index (χ4n) is 6.63. The molecule has 0 radical (unpaired) electrons. The maximum Gasteiger partial charge on any atom is 0.499 e. The molecule has 1 aliphatic heterocycles. The molecule has 0 aliphatic carbocycles. The number of hydroxylamine groups is 1. The number of amides is 6. The van der Waals surface area contributed by atoms with Crippen molar-refractivity contribution < 1.29 is 72.3 Å². The Bertz CT molecular complexity index is 2560. The number of methoxy groups -OCH3 is 2. The number of hydrazine groups is 1. The molecule has 25 nitrogen and oxygen atoms in total. The Morgan fingerprint density at radius 2 is 1.58 bits per heavy atom. The summed E-state index contributed by atoms with van der Waals surface area (Å²) in [6, 6.07) is 16.4. The third kappa shape index (κ3) is 20.1. The number of aromatic nitrogens is 2. The first-order valence-electron chi connectivity index (χ1n) is 23.0. The lowest BCUT2D eigenvalue weighted by Gasteiger charge is -2.26. The molecule has 1 saturated heterocycles. The lowest BCUT2D eigenvalue weighted by atomic mass is 10.2. The number of hydrogen-bond acceptors (Lipinski definition) is 18. The van der Waals surface area contributed by atoms with Crippen LogP contribution in [-0.4, -0.2) is 142 Å². The SMILES string of the molecule is COc1cc(N/C(O)=C\[n+]2cccc(CONCCSCCNC(=O)c3ccc[n+](CC(=O)Nc4ccc(NNC(=O)C(=O)NCCO)c(OC)c4)c3)c2)ccc1N=[NH+]C(=O)C(=O)NCCCN1CCOCC1. The summed E-state index contributed by atoms with van der Waals surface area (Å²) in [6.45, 7) is 4.97. The van der Waals surface area contributed by atoms with E-state index >= 15 is 0 Å². The Morgan fingerprint density at radius 3 is 2.37 bits per heavy atom. The van der Waals surface area contributed by atoms with Crippen LogP contribution in [0.2, 0.25) is 0 Å². The molecule has 4 aromatic rings. The number of ether oxygens (including phenoxy) is 3. The van der Waals surface area contributed by atoms with Crippen molar-refractivity contribution in [2.24, 2.45) is 5.11 Å². The average Bonchev–Trinajstić information content (AvgIpc) is 3.40. The minimum Gasteiger partial charge on any atom is -0.494 e. The second-order valence-electron chi connectivity index (χ2n) is 15.6. The van der Waals surface area contributed by atoms with Crippen molar-refractivity contribution in [2.45, 2.75) is 19.6 Å². The highest BCUT2D eigenvalue weighted by atomic mass is 32.2. The number of rotatable bonds is 27. The summed E-state index contributed by atoms with van der Waals surface area (Å²) in [5, 5.41) is 39.1. The fraction of sp³-hybridized carbons (Fsp3) is 0.362. The molecule has 2 aromatic heterocycles. The Balaban J connectivity index is 0.947. The van der Waals surface area contributed by atoms with Crippen LogP contribution in [0.5, 0.6) is 11.5 Å². The second kappa shape index (κ2) is 30.9. The van der Waals surface area contributed by atoms with E-state index in [4.69, 9.17) is 24.2 Å². The minimum absolute atomic E-state index is 0.0710. The van der Waals surface area contributed by atoms with Crippen LogP contribution in [0.4, 0.5) is 22.7 Å². The highest BCUT2D eigenvalue weighted by Gasteiger charge is 2.21. The number of hydrogen-bond donors (Lipinski definition) is 11. The van der Waals surface area contributed by atoms with E-state index < -0.39 is 23.6 Å². The molecule has 0 atom stereocenters. The first kappa shape index (κ1) is 56.2. The number of nitrogens with one attached hydrogen (secondary N) is 9. The zero-order valence-corrected chi connectivity index (χ0v) is 41.3. The quantitative estimate of drug-likeness (QED) is 0.00818. The maximum atomic E-state index is 12.9. The van der Waals surface area contributed by atoms with Crippen LogP contribution in [0.1, 0.15) is 22.3 Å². The number of benzene rings is 2. The zero-order chi connectivity index (χ0) is 52.2. The molecule has 0 spiro atoms. The van der Waals surface area contributed by atoms with Crippen molar-refractivity contribution in [3.05, 3.63) is 102 Å². The highest BCUT2D eigenvalue weighted by molar-refractivity contribution is 7.99. The number of morpholine rings is 1. The lowest BCUT2D eigenvalue weighted by molar-refractivity contribution is -0.684. The van der Waals surface area contributed by atoms with Gasteiger partial charge in [-0.1, -0.05) is 5.11 Å². The third-order valence-corrected chi connectivity index (χ3v) is 11.2. The minimum atomic E-state index is -0.975. The zero-order valence-electron chi connectivity index (χ0n) is 40.4. The Labute approximate surface area is 425 Å². The largest absolute Gasteiger partial charge is 0.499 e. The van der Waals surface area contributed by atoms with E-state index in [1.54, 1.807) is 88.1 Å². The number of thioether (sulfide) groups is 1. The van der Waals surface area contributed by atoms with Gasteiger partial charge < -0.3 is 51.0 Å². The van der Waals surface area contributed by atoms with E-state index in [0.29, 0.717) is 73.4 Å². The predicted molar refractivity (Wildman–Crippen MR) is 266 cm³/mol. The molecule has 0 bridgehead atoms. The van der Waals surface area contributed by atoms with Gasteiger partial charge in [0.2, 0.25) is 12.7 Å². The van der Waals surface area contributed by atoms with E-state index in [1.165, 1.54) is 32.6 Å². The fourth-order valence-corrected chi connectivity index (χ4v) is 7.31. The van der Waals surface area contributed by atoms with E-state index in [2.05, 4.69) is 58.0 Å². The summed E-state index contributed by atoms with van der Waals surface area (Å²) in [4.78, 5) is 81.8. The van der Waals surface area contributed by atoms with Crippen LogP contribution in [0.3, 0.4) is 0 Å². The number of carbonyl (C=O) groups is 6. The van der Waals surface area contributed by atoms with E-state index in [0.717, 1.165) is 25.2 Å². The molecule has 3 heterocycles. The standard InChI is InChI=1S/C47H59N13O12S/c1-69-39-26-35(8-10-37(39)54-56-46(67)44(65)48-12-5-18-58-19-22-71-23-20-58)52-41(62)30-59-16-3-6-33(28-59)32-72-51-15-25-73-24-14-50-43(64)34-7-4-17-60(29-34)31-42(63)53-36-9-11-38(40(27-36)70-2)55-57-47(68)45(66)49-13-21-61/h3-4,6-11,16-17,26-30,51,61H,5,12-15,18-25,31-32H2,1-2H3,(H6-2,48,49,50,52,53,54,55,56,57,62,63,64,65,66,67,68)/p+3/b41-30+. The van der Waals surface area contributed by atoms with Crippen molar-refractivity contribution in [3.63, 3.8) is 0 Å². The lowest BCUT2D eigenvalue weighted by Crippen LogP contribution is -2.75. The van der Waals surface area contributed by atoms with Crippen molar-refractivity contribution in [3.8, 4) is 11.5 Å². The van der Waals surface area contributed by atoms with Crippen LogP contribution in [-0.2, 0) is 46.7 Å². The number of aliphatic hydroxyl groups is 2. The van der Waals surface area contributed by atoms with Gasteiger partial charge in [0.25, 0.3) is 17.7 Å². The molecular formula is C47H62N13O12S+3. The number of azo groups is 1. The van der Waals surface area contributed by atoms with Gasteiger partial charge in [-0.25, -0.2) is 10.3 Å². The van der Waals surface area contributed by atoms with Crippen LogP contribution in [0.15, 0.2) is 96.4 Å². The Kier molecular flexibility index (Phi) is 23.8. The van der Waals surface area contributed by atoms with Gasteiger partial charge in [-0.15, -0.1) is 0 Å². The molecule has 5 rings (SSSR count). The first-order valence-corrected chi connectivity index (χ1v) is 24.2. The van der Waals surface area contributed by atoms with Crippen LogP contribution in [0.25, 0.3) is 6.20 Å². The van der Waals surface area contributed by atoms with Gasteiger partial charge in [-0.3, -0.25) is 44.6 Å². The molecule has 1 aliphatic rings. The summed E-state index contributed by atoms with van der Waals surface area (Å²) in [6.07, 6.45) is 8.93. The molecule has 73 heavy (non-hydrogen) atoms. The number of pyridine rings is 2. The third-order valence-electron chi connectivity index (χ3n) is 10.2. The molecule has 390 valence electrons. The number of aliphatic hydroxyl groups excluding tert-OH is 2. The van der Waals surface area contributed by atoms with Crippen LogP contribution >= 0.6 is 11.8 Å². The van der Waals surface area contributed by atoms with Crippen molar-refractivity contribution in [1.82, 2.24) is 31.8 Å². The Morgan fingerprint density at radius 1 is 0.836 bits per heavy atom. The monoisotopic (exact) mass is 1030 g/mol. The van der Waals surface area contributed by atoms with E-state index in [9.17, 15) is 33.9 Å².